The van der Waals surface area contributed by atoms with Gasteiger partial charge in [-0.05, 0) is 24.3 Å². The molecule has 0 aliphatic carbocycles. The predicted octanol–water partition coefficient (Wildman–Crippen LogP) is -0.265. The number of likely N-dealkylation sites (N-methyl/N-ethyl adjacent to an activating group) is 1. The summed E-state index contributed by atoms with van der Waals surface area (Å²) in [5, 5.41) is 0. The van der Waals surface area contributed by atoms with Crippen molar-refractivity contribution in [3.63, 3.8) is 0 Å². The molecule has 0 saturated heterocycles. The second-order valence-electron chi connectivity index (χ2n) is 4.56. The van der Waals surface area contributed by atoms with E-state index in [1.807, 2.05) is 0 Å². The number of carbonyl (C=O) groups excluding carboxylic acids is 2. The Kier molecular flexibility index (Phi) is 6.48. The highest BCUT2D eigenvalue weighted by Crippen LogP contribution is 2.16. The van der Waals surface area contributed by atoms with Crippen LogP contribution in [-0.2, 0) is 9.59 Å². The molecule has 7 nitrogen and oxygen atoms in total. The van der Waals surface area contributed by atoms with E-state index in [1.165, 1.54) is 4.90 Å². The molecular weight excluding hydrogens is 274 g/mol. The largest absolute Gasteiger partial charge is 0.497 e. The van der Waals surface area contributed by atoms with Crippen LogP contribution < -0.4 is 20.9 Å². The molecule has 0 spiro atoms. The molecule has 21 heavy (non-hydrogen) atoms. The van der Waals surface area contributed by atoms with Crippen molar-refractivity contribution in [1.82, 2.24) is 4.90 Å². The van der Waals surface area contributed by atoms with Gasteiger partial charge in [-0.2, -0.15) is 0 Å². The minimum atomic E-state index is -0.909. The molecule has 0 saturated carbocycles. The molecule has 0 radical (unpaired) electrons. The Bertz CT molecular complexity index is 476. The highest BCUT2D eigenvalue weighted by atomic mass is 16.5. The molecule has 1 aromatic carbocycles. The fourth-order valence-corrected chi connectivity index (χ4v) is 1.67. The average Bonchev–Trinajstić information content (AvgIpc) is 2.46. The van der Waals surface area contributed by atoms with Crippen molar-refractivity contribution in [2.75, 3.05) is 27.3 Å². The van der Waals surface area contributed by atoms with E-state index >= 15 is 0 Å². The number of nitrogens with two attached hydrogens (primary N) is 2. The number of rotatable bonds is 8. The molecule has 2 amide bonds. The smallest absolute Gasteiger partial charge is 0.239 e. The Labute approximate surface area is 123 Å². The van der Waals surface area contributed by atoms with Gasteiger partial charge in [0.15, 0.2) is 0 Å². The first-order valence-electron chi connectivity index (χ1n) is 6.49. The van der Waals surface area contributed by atoms with Crippen LogP contribution in [0, 0.1) is 0 Å². The second kappa shape index (κ2) is 8.11. The van der Waals surface area contributed by atoms with Gasteiger partial charge in [0, 0.05) is 7.05 Å². The zero-order valence-electron chi connectivity index (χ0n) is 12.2. The fraction of sp³-hybridized carbons (Fsp3) is 0.429. The summed E-state index contributed by atoms with van der Waals surface area (Å²) >= 11 is 0. The zero-order chi connectivity index (χ0) is 15.8. The first-order chi connectivity index (χ1) is 9.93. The maximum atomic E-state index is 11.8. The van der Waals surface area contributed by atoms with E-state index in [9.17, 15) is 9.59 Å². The maximum absolute atomic E-state index is 11.8. The van der Waals surface area contributed by atoms with Crippen molar-refractivity contribution >= 4 is 11.8 Å². The highest BCUT2D eigenvalue weighted by molar-refractivity contribution is 5.87. The lowest BCUT2D eigenvalue weighted by molar-refractivity contribution is -0.133. The van der Waals surface area contributed by atoms with Gasteiger partial charge in [-0.1, -0.05) is 0 Å². The zero-order valence-corrected chi connectivity index (χ0v) is 12.2. The SMILES string of the molecule is COc1ccc(OCCN(C)C(=O)C(N)CC(N)=O)cc1. The van der Waals surface area contributed by atoms with Crippen LogP contribution in [-0.4, -0.2) is 50.1 Å². The van der Waals surface area contributed by atoms with Crippen molar-refractivity contribution < 1.29 is 19.1 Å². The summed E-state index contributed by atoms with van der Waals surface area (Å²) in [6.45, 7) is 0.676. The molecule has 116 valence electrons. The van der Waals surface area contributed by atoms with E-state index in [4.69, 9.17) is 20.9 Å². The van der Waals surface area contributed by atoms with Crippen molar-refractivity contribution in [1.29, 1.82) is 0 Å². The molecule has 0 heterocycles. The Hall–Kier alpha value is -2.28. The summed E-state index contributed by atoms with van der Waals surface area (Å²) in [4.78, 5) is 24.0. The Morgan fingerprint density at radius 1 is 1.24 bits per heavy atom. The number of ether oxygens (including phenoxy) is 2. The van der Waals surface area contributed by atoms with Gasteiger partial charge in [0.05, 0.1) is 26.1 Å². The number of hydrogen-bond acceptors (Lipinski definition) is 5. The fourth-order valence-electron chi connectivity index (χ4n) is 1.67. The van der Waals surface area contributed by atoms with Crippen LogP contribution in [0.2, 0.25) is 0 Å². The van der Waals surface area contributed by atoms with Crippen molar-refractivity contribution in [3.8, 4) is 11.5 Å². The van der Waals surface area contributed by atoms with Crippen molar-refractivity contribution in [2.24, 2.45) is 11.5 Å². The van der Waals surface area contributed by atoms with Crippen molar-refractivity contribution in [2.45, 2.75) is 12.5 Å². The van der Waals surface area contributed by atoms with Gasteiger partial charge in [-0.3, -0.25) is 9.59 Å². The van der Waals surface area contributed by atoms with Gasteiger partial charge in [0.25, 0.3) is 0 Å². The lowest BCUT2D eigenvalue weighted by atomic mass is 10.2. The topological polar surface area (TPSA) is 108 Å². The van der Waals surface area contributed by atoms with E-state index in [0.717, 1.165) is 5.75 Å². The predicted molar refractivity (Wildman–Crippen MR) is 77.9 cm³/mol. The molecule has 1 atom stereocenters. The highest BCUT2D eigenvalue weighted by Gasteiger charge is 2.19. The van der Waals surface area contributed by atoms with Crippen LogP contribution in [0.5, 0.6) is 11.5 Å². The molecule has 1 rings (SSSR count). The van der Waals surface area contributed by atoms with Crippen LogP contribution in [0.25, 0.3) is 0 Å². The number of benzene rings is 1. The standard InChI is InChI=1S/C14H21N3O4/c1-17(14(19)12(15)9-13(16)18)7-8-21-11-5-3-10(20-2)4-6-11/h3-6,12H,7-9,15H2,1-2H3,(H2,16,18). The first kappa shape index (κ1) is 16.8. The summed E-state index contributed by atoms with van der Waals surface area (Å²) in [5.41, 5.74) is 10.6. The molecule has 0 aromatic heterocycles. The quantitative estimate of drug-likeness (QED) is 0.686. The van der Waals surface area contributed by atoms with Gasteiger partial charge >= 0.3 is 0 Å². The van der Waals surface area contributed by atoms with E-state index in [2.05, 4.69) is 0 Å². The van der Waals surface area contributed by atoms with Gasteiger partial charge in [0.2, 0.25) is 11.8 Å². The normalized spacial score (nSPS) is 11.6. The Morgan fingerprint density at radius 3 is 2.33 bits per heavy atom. The summed E-state index contributed by atoms with van der Waals surface area (Å²) in [6, 6.07) is 6.22. The second-order valence-corrected chi connectivity index (χ2v) is 4.56. The van der Waals surface area contributed by atoms with Gasteiger partial charge < -0.3 is 25.8 Å². The van der Waals surface area contributed by atoms with E-state index in [-0.39, 0.29) is 12.3 Å². The number of carbonyl (C=O) groups is 2. The maximum Gasteiger partial charge on any atom is 0.239 e. The third kappa shape index (κ3) is 5.70. The van der Waals surface area contributed by atoms with Crippen LogP contribution in [0.1, 0.15) is 6.42 Å². The third-order valence-electron chi connectivity index (χ3n) is 2.87. The summed E-state index contributed by atoms with van der Waals surface area (Å²) < 4.78 is 10.5. The van der Waals surface area contributed by atoms with Gasteiger partial charge in [0.1, 0.15) is 18.1 Å². The Balaban J connectivity index is 2.36. The summed E-state index contributed by atoms with van der Waals surface area (Å²) in [5.74, 6) is 0.482. The lowest BCUT2D eigenvalue weighted by Crippen LogP contribution is -2.45. The van der Waals surface area contributed by atoms with Crippen molar-refractivity contribution in [3.05, 3.63) is 24.3 Å². The third-order valence-corrected chi connectivity index (χ3v) is 2.87. The Morgan fingerprint density at radius 2 is 1.81 bits per heavy atom. The van der Waals surface area contributed by atoms with E-state index in [0.29, 0.717) is 18.9 Å². The molecule has 0 aliphatic heterocycles. The first-order valence-corrected chi connectivity index (χ1v) is 6.49. The minimum absolute atomic E-state index is 0.164. The number of primary amides is 1. The average molecular weight is 295 g/mol. The lowest BCUT2D eigenvalue weighted by Gasteiger charge is -2.20. The van der Waals surface area contributed by atoms with Crippen LogP contribution >= 0.6 is 0 Å². The number of methoxy groups -OCH3 is 1. The summed E-state index contributed by atoms with van der Waals surface area (Å²) in [7, 11) is 3.19. The van der Waals surface area contributed by atoms with Gasteiger partial charge in [-0.15, -0.1) is 0 Å². The molecule has 0 bridgehead atoms. The van der Waals surface area contributed by atoms with E-state index < -0.39 is 11.9 Å². The monoisotopic (exact) mass is 295 g/mol. The molecule has 1 unspecified atom stereocenters. The van der Waals surface area contributed by atoms with Crippen LogP contribution in [0.4, 0.5) is 0 Å². The minimum Gasteiger partial charge on any atom is -0.497 e. The molecular formula is C14H21N3O4. The number of hydrogen-bond donors (Lipinski definition) is 2. The number of amides is 2. The molecule has 0 fully saturated rings. The summed E-state index contributed by atoms with van der Waals surface area (Å²) in [6.07, 6.45) is -0.164. The molecule has 0 aliphatic rings. The van der Waals surface area contributed by atoms with Gasteiger partial charge in [-0.25, -0.2) is 0 Å². The van der Waals surface area contributed by atoms with E-state index in [1.54, 1.807) is 38.4 Å². The van der Waals surface area contributed by atoms with Crippen LogP contribution in [0.3, 0.4) is 0 Å². The molecule has 4 N–H and O–H groups in total. The number of nitrogens with zero attached hydrogens (tertiary/aromatic N) is 1. The van der Waals surface area contributed by atoms with Crippen LogP contribution in [0.15, 0.2) is 24.3 Å². The molecule has 1 aromatic rings. The molecule has 7 heteroatoms.